The Labute approximate surface area is 250 Å². The monoisotopic (exact) mass is 613 g/mol. The SMILES string of the molecule is CC1(C)COC(=O)N1CC1(C2CCCCC2)CCN(C(=O)[C@H]2CNCC[C@@H]2c2ccc(F)cc2)CC1.O=C(O)C(F)(F)F. The maximum Gasteiger partial charge on any atom is 0.490 e. The van der Waals surface area contributed by atoms with E-state index < -0.39 is 12.1 Å². The molecular weight excluding hydrogens is 570 g/mol. The summed E-state index contributed by atoms with van der Waals surface area (Å²) in [5, 5.41) is 10.5. The lowest BCUT2D eigenvalue weighted by Gasteiger charge is -2.51. The summed E-state index contributed by atoms with van der Waals surface area (Å²) in [6.45, 7) is 8.38. The van der Waals surface area contributed by atoms with Crippen LogP contribution in [0.25, 0.3) is 0 Å². The molecule has 0 aromatic heterocycles. The lowest BCUT2D eigenvalue weighted by atomic mass is 9.63. The lowest BCUT2D eigenvalue weighted by Crippen LogP contribution is -2.56. The molecule has 1 aromatic carbocycles. The zero-order valence-corrected chi connectivity index (χ0v) is 24.9. The molecule has 0 spiro atoms. The minimum atomic E-state index is -5.08. The Balaban J connectivity index is 0.000000541. The Hall–Kier alpha value is -2.89. The highest BCUT2D eigenvalue weighted by atomic mass is 19.4. The summed E-state index contributed by atoms with van der Waals surface area (Å²) >= 11 is 0. The van der Waals surface area contributed by atoms with E-state index in [1.807, 2.05) is 17.0 Å². The second-order valence-corrected chi connectivity index (χ2v) is 13.0. The number of carboxylic acids is 1. The number of aliphatic carboxylic acids is 1. The van der Waals surface area contributed by atoms with Crippen LogP contribution in [0.5, 0.6) is 0 Å². The van der Waals surface area contributed by atoms with Gasteiger partial charge in [-0.25, -0.2) is 14.0 Å². The van der Waals surface area contributed by atoms with Gasteiger partial charge in [0.1, 0.15) is 12.4 Å². The number of benzene rings is 1. The summed E-state index contributed by atoms with van der Waals surface area (Å²) in [5.41, 5.74) is 0.806. The molecule has 2 amide bonds. The Bertz CT molecular complexity index is 1130. The van der Waals surface area contributed by atoms with Crippen molar-refractivity contribution in [3.05, 3.63) is 35.6 Å². The van der Waals surface area contributed by atoms with Crippen molar-refractivity contribution in [1.29, 1.82) is 0 Å². The first-order valence-electron chi connectivity index (χ1n) is 15.2. The standard InChI is InChI=1S/C29H42FN3O3.C2HF3O2/c1-28(2)20-36-27(35)33(28)19-29(22-6-4-3-5-7-22)13-16-32(17-14-29)26(34)25-18-31-15-12-24(25)21-8-10-23(30)11-9-21;3-2(4,5)1(6)7/h8-11,22,24-25,31H,3-7,12-20H2,1-2H3;(H,6,7)/t24-,25+;/m1./s1. The van der Waals surface area contributed by atoms with Crippen LogP contribution >= 0.6 is 0 Å². The molecular formula is C31H43F4N3O5. The topological polar surface area (TPSA) is 99.2 Å². The van der Waals surface area contributed by atoms with Gasteiger partial charge in [-0.1, -0.05) is 31.4 Å². The first-order chi connectivity index (χ1) is 20.2. The number of carboxylic acid groups (broad SMARTS) is 1. The molecule has 0 bridgehead atoms. The summed E-state index contributed by atoms with van der Waals surface area (Å²) < 4.78 is 50.7. The van der Waals surface area contributed by atoms with E-state index in [0.717, 1.165) is 51.0 Å². The van der Waals surface area contributed by atoms with Gasteiger partial charge < -0.3 is 20.1 Å². The molecule has 12 heteroatoms. The third kappa shape index (κ3) is 7.80. The molecule has 240 valence electrons. The van der Waals surface area contributed by atoms with E-state index in [0.29, 0.717) is 19.1 Å². The highest BCUT2D eigenvalue weighted by Gasteiger charge is 2.50. The largest absolute Gasteiger partial charge is 0.490 e. The van der Waals surface area contributed by atoms with Crippen LogP contribution < -0.4 is 5.32 Å². The average Bonchev–Trinajstić information content (AvgIpc) is 3.24. The second kappa shape index (κ2) is 13.4. The predicted octanol–water partition coefficient (Wildman–Crippen LogP) is 5.57. The molecule has 3 aliphatic heterocycles. The summed E-state index contributed by atoms with van der Waals surface area (Å²) in [4.78, 5) is 39.4. The lowest BCUT2D eigenvalue weighted by molar-refractivity contribution is -0.192. The molecule has 5 rings (SSSR count). The van der Waals surface area contributed by atoms with Crippen molar-refractivity contribution < 1.29 is 41.8 Å². The van der Waals surface area contributed by atoms with Crippen LogP contribution in [-0.4, -0.2) is 83.9 Å². The summed E-state index contributed by atoms with van der Waals surface area (Å²) in [5.74, 6) is -2.20. The summed E-state index contributed by atoms with van der Waals surface area (Å²) in [7, 11) is 0. The molecule has 8 nitrogen and oxygen atoms in total. The molecule has 0 radical (unpaired) electrons. The number of halogens is 4. The second-order valence-electron chi connectivity index (χ2n) is 13.0. The summed E-state index contributed by atoms with van der Waals surface area (Å²) in [6.07, 6.45) is 3.74. The van der Waals surface area contributed by atoms with Crippen molar-refractivity contribution in [3.8, 4) is 0 Å². The maximum absolute atomic E-state index is 13.8. The van der Waals surface area contributed by atoms with E-state index in [9.17, 15) is 27.2 Å². The first kappa shape index (κ1) is 33.0. The molecule has 4 aliphatic rings. The fraction of sp³-hybridized carbons (Fsp3) is 0.710. The van der Waals surface area contributed by atoms with E-state index in [1.54, 1.807) is 0 Å². The number of carbonyl (C=O) groups excluding carboxylic acids is 2. The minimum absolute atomic E-state index is 0.0407. The highest BCUT2D eigenvalue weighted by molar-refractivity contribution is 5.80. The van der Waals surface area contributed by atoms with Crippen molar-refractivity contribution >= 4 is 18.0 Å². The van der Waals surface area contributed by atoms with E-state index in [-0.39, 0.29) is 40.6 Å². The van der Waals surface area contributed by atoms with Crippen LogP contribution in [0.2, 0.25) is 0 Å². The number of nitrogens with zero attached hydrogens (tertiary/aromatic N) is 2. The van der Waals surface area contributed by atoms with E-state index in [2.05, 4.69) is 24.1 Å². The van der Waals surface area contributed by atoms with E-state index in [4.69, 9.17) is 14.6 Å². The highest BCUT2D eigenvalue weighted by Crippen LogP contribution is 2.48. The quantitative estimate of drug-likeness (QED) is 0.422. The van der Waals surface area contributed by atoms with Crippen molar-refractivity contribution in [2.45, 2.75) is 82.8 Å². The van der Waals surface area contributed by atoms with Gasteiger partial charge in [-0.3, -0.25) is 9.69 Å². The van der Waals surface area contributed by atoms with Crippen LogP contribution in [-0.2, 0) is 14.3 Å². The number of alkyl halides is 3. The van der Waals surface area contributed by atoms with Gasteiger partial charge in [-0.15, -0.1) is 0 Å². The van der Waals surface area contributed by atoms with Crippen LogP contribution in [0.4, 0.5) is 22.4 Å². The zero-order valence-electron chi connectivity index (χ0n) is 24.9. The van der Waals surface area contributed by atoms with Crippen LogP contribution in [0.3, 0.4) is 0 Å². The number of hydrogen-bond acceptors (Lipinski definition) is 5. The summed E-state index contributed by atoms with van der Waals surface area (Å²) in [6, 6.07) is 6.69. The Kier molecular flexibility index (Phi) is 10.3. The number of likely N-dealkylation sites (tertiary alicyclic amines) is 1. The van der Waals surface area contributed by atoms with Crippen molar-refractivity contribution in [2.75, 3.05) is 39.3 Å². The van der Waals surface area contributed by atoms with Gasteiger partial charge in [0.15, 0.2) is 0 Å². The number of hydrogen-bond donors (Lipinski definition) is 2. The van der Waals surface area contributed by atoms with Gasteiger partial charge in [0.2, 0.25) is 5.91 Å². The van der Waals surface area contributed by atoms with E-state index in [1.165, 1.54) is 44.2 Å². The van der Waals surface area contributed by atoms with Crippen LogP contribution in [0.1, 0.15) is 76.7 Å². The van der Waals surface area contributed by atoms with Gasteiger partial charge in [0, 0.05) is 26.2 Å². The molecule has 4 fully saturated rings. The number of cyclic esters (lactones) is 1. The van der Waals surface area contributed by atoms with E-state index >= 15 is 0 Å². The molecule has 3 heterocycles. The molecule has 2 N–H and O–H groups in total. The molecule has 2 atom stereocenters. The van der Waals surface area contributed by atoms with Gasteiger partial charge >= 0.3 is 18.2 Å². The normalized spacial score (nSPS) is 25.9. The van der Waals surface area contributed by atoms with Crippen LogP contribution in [0.15, 0.2) is 24.3 Å². The third-order valence-corrected chi connectivity index (χ3v) is 9.85. The number of ether oxygens (including phenoxy) is 1. The van der Waals surface area contributed by atoms with Crippen LogP contribution in [0, 0.1) is 23.1 Å². The van der Waals surface area contributed by atoms with Gasteiger partial charge in [0.05, 0.1) is 11.5 Å². The van der Waals surface area contributed by atoms with Gasteiger partial charge in [-0.2, -0.15) is 13.2 Å². The fourth-order valence-electron chi connectivity index (χ4n) is 7.28. The number of amides is 2. The number of nitrogens with one attached hydrogen (secondary N) is 1. The van der Waals surface area contributed by atoms with Gasteiger partial charge in [0.25, 0.3) is 0 Å². The number of piperidine rings is 2. The first-order valence-corrected chi connectivity index (χ1v) is 15.2. The predicted molar refractivity (Wildman–Crippen MR) is 151 cm³/mol. The van der Waals surface area contributed by atoms with Crippen molar-refractivity contribution in [1.82, 2.24) is 15.1 Å². The third-order valence-electron chi connectivity index (χ3n) is 9.85. The maximum atomic E-state index is 13.8. The molecule has 1 aromatic rings. The fourth-order valence-corrected chi connectivity index (χ4v) is 7.28. The Morgan fingerprint density at radius 1 is 1.05 bits per heavy atom. The van der Waals surface area contributed by atoms with Gasteiger partial charge in [-0.05, 0) is 87.4 Å². The molecule has 1 saturated carbocycles. The average molecular weight is 614 g/mol. The van der Waals surface area contributed by atoms with Crippen molar-refractivity contribution in [3.63, 3.8) is 0 Å². The zero-order chi connectivity index (χ0) is 31.4. The van der Waals surface area contributed by atoms with Crippen molar-refractivity contribution in [2.24, 2.45) is 17.3 Å². The number of carbonyl (C=O) groups is 3. The molecule has 1 aliphatic carbocycles. The smallest absolute Gasteiger partial charge is 0.475 e. The molecule has 0 unspecified atom stereocenters. The minimum Gasteiger partial charge on any atom is -0.475 e. The molecule has 3 saturated heterocycles. The Morgan fingerprint density at radius 3 is 2.19 bits per heavy atom. The number of rotatable bonds is 5. The Morgan fingerprint density at radius 2 is 1.65 bits per heavy atom. The molecule has 43 heavy (non-hydrogen) atoms.